The maximum atomic E-state index is 2.49. The highest BCUT2D eigenvalue weighted by Gasteiger charge is 2.40. The highest BCUT2D eigenvalue weighted by Crippen LogP contribution is 2.56. The van der Waals surface area contributed by atoms with Crippen molar-refractivity contribution in [1.29, 1.82) is 0 Å². The van der Waals surface area contributed by atoms with E-state index in [1.54, 1.807) is 0 Å². The Kier molecular flexibility index (Phi) is 7.71. The van der Waals surface area contributed by atoms with E-state index in [1.807, 2.05) is 0 Å². The Balaban J connectivity index is 1.48. The molecule has 1 nitrogen and oxygen atoms in total. The molecule has 0 heterocycles. The second-order valence-corrected chi connectivity index (χ2v) is 16.0. The van der Waals surface area contributed by atoms with Gasteiger partial charge in [0.25, 0.3) is 0 Å². The molecule has 1 aliphatic carbocycles. The average molecular weight is 626 g/mol. The fourth-order valence-corrected chi connectivity index (χ4v) is 7.20. The van der Waals surface area contributed by atoms with Gasteiger partial charge < -0.3 is 4.90 Å². The van der Waals surface area contributed by atoms with Gasteiger partial charge in [-0.05, 0) is 91.2 Å². The normalized spacial score (nSPS) is 13.6. The second-order valence-electron chi connectivity index (χ2n) is 16.0. The van der Waals surface area contributed by atoms with Crippen LogP contribution >= 0.6 is 0 Å². The third kappa shape index (κ3) is 5.66. The minimum absolute atomic E-state index is 0.0226. The summed E-state index contributed by atoms with van der Waals surface area (Å²) in [5.41, 5.74) is 16.5. The zero-order valence-electron chi connectivity index (χ0n) is 29.7. The van der Waals surface area contributed by atoms with Crippen molar-refractivity contribution in [1.82, 2.24) is 0 Å². The van der Waals surface area contributed by atoms with Gasteiger partial charge in [-0.15, -0.1) is 0 Å². The summed E-state index contributed by atoms with van der Waals surface area (Å²) >= 11 is 0. The highest BCUT2D eigenvalue weighted by atomic mass is 15.1. The molecular weight excluding hydrogens is 579 g/mol. The van der Waals surface area contributed by atoms with Crippen molar-refractivity contribution in [2.75, 3.05) is 4.90 Å². The summed E-state index contributed by atoms with van der Waals surface area (Å²) < 4.78 is 0. The van der Waals surface area contributed by atoms with Gasteiger partial charge in [-0.2, -0.15) is 0 Å². The lowest BCUT2D eigenvalue weighted by Gasteiger charge is -2.32. The number of rotatable bonds is 5. The van der Waals surface area contributed by atoms with E-state index in [0.29, 0.717) is 0 Å². The topological polar surface area (TPSA) is 3.24 Å². The predicted molar refractivity (Wildman–Crippen MR) is 207 cm³/mol. The van der Waals surface area contributed by atoms with Crippen LogP contribution < -0.4 is 4.90 Å². The standard InChI is InChI=1S/C47H47N/c1-45(2,3)36-23-28-40-41(29-36)47(7,8)42-30-37(46(4,5)6)31-43(44(40)42)48(38-24-19-34(20-25-38)32-15-11-9-12-16-32)39-26-21-35(22-27-39)33-17-13-10-14-18-33/h9-31H,1-8H3. The molecule has 0 atom stereocenters. The van der Waals surface area contributed by atoms with Gasteiger partial charge in [-0.3, -0.25) is 0 Å². The molecule has 0 aromatic heterocycles. The van der Waals surface area contributed by atoms with Gasteiger partial charge in [-0.1, -0.05) is 165 Å². The average Bonchev–Trinajstić information content (AvgIpc) is 3.31. The number of benzene rings is 6. The van der Waals surface area contributed by atoms with Crippen LogP contribution in [0.25, 0.3) is 33.4 Å². The molecule has 48 heavy (non-hydrogen) atoms. The van der Waals surface area contributed by atoms with Crippen LogP contribution in [0.5, 0.6) is 0 Å². The molecule has 7 rings (SSSR count). The molecule has 240 valence electrons. The van der Waals surface area contributed by atoms with E-state index in [-0.39, 0.29) is 16.2 Å². The summed E-state index contributed by atoms with van der Waals surface area (Å²) in [7, 11) is 0. The Bertz CT molecular complexity index is 1990. The van der Waals surface area contributed by atoms with Crippen LogP contribution in [0.15, 0.2) is 140 Å². The van der Waals surface area contributed by atoms with Crippen molar-refractivity contribution in [3.8, 4) is 33.4 Å². The van der Waals surface area contributed by atoms with Crippen molar-refractivity contribution in [2.24, 2.45) is 0 Å². The first kappa shape index (κ1) is 31.7. The zero-order chi connectivity index (χ0) is 33.8. The van der Waals surface area contributed by atoms with E-state index in [2.05, 4.69) is 200 Å². The van der Waals surface area contributed by atoms with E-state index in [4.69, 9.17) is 0 Å². The van der Waals surface area contributed by atoms with Crippen molar-refractivity contribution in [2.45, 2.75) is 71.6 Å². The Labute approximate surface area is 287 Å². The number of anilines is 3. The summed E-state index contributed by atoms with van der Waals surface area (Å²) in [6.07, 6.45) is 0. The van der Waals surface area contributed by atoms with Gasteiger partial charge in [0.05, 0.1) is 5.69 Å². The van der Waals surface area contributed by atoms with Crippen molar-refractivity contribution in [3.05, 3.63) is 162 Å². The first-order valence-corrected chi connectivity index (χ1v) is 17.3. The molecule has 1 aliphatic rings. The molecule has 0 saturated carbocycles. The maximum Gasteiger partial charge on any atom is 0.0546 e. The number of hydrogen-bond acceptors (Lipinski definition) is 1. The third-order valence-electron chi connectivity index (χ3n) is 10.2. The van der Waals surface area contributed by atoms with E-state index in [1.165, 1.54) is 61.3 Å². The van der Waals surface area contributed by atoms with E-state index in [9.17, 15) is 0 Å². The van der Waals surface area contributed by atoms with Crippen molar-refractivity contribution < 1.29 is 0 Å². The predicted octanol–water partition coefficient (Wildman–Crippen LogP) is 13.4. The second kappa shape index (κ2) is 11.7. The minimum Gasteiger partial charge on any atom is -0.310 e. The van der Waals surface area contributed by atoms with Gasteiger partial charge in [0, 0.05) is 22.4 Å². The summed E-state index contributed by atoms with van der Waals surface area (Å²) in [5, 5.41) is 0. The summed E-state index contributed by atoms with van der Waals surface area (Å²) in [6, 6.07) is 51.6. The van der Waals surface area contributed by atoms with Crippen LogP contribution in [0.4, 0.5) is 17.1 Å². The quantitative estimate of drug-likeness (QED) is 0.184. The maximum absolute atomic E-state index is 2.49. The first-order valence-electron chi connectivity index (χ1n) is 17.3. The summed E-state index contributed by atoms with van der Waals surface area (Å²) in [4.78, 5) is 2.49. The molecule has 0 radical (unpaired) electrons. The number of hydrogen-bond donors (Lipinski definition) is 0. The Hall–Kier alpha value is -4.88. The van der Waals surface area contributed by atoms with Gasteiger partial charge in [-0.25, -0.2) is 0 Å². The fraction of sp³-hybridized carbons (Fsp3) is 0.234. The Morgan fingerprint density at radius 1 is 0.438 bits per heavy atom. The highest BCUT2D eigenvalue weighted by molar-refractivity contribution is 5.96. The summed E-state index contributed by atoms with van der Waals surface area (Å²) in [5.74, 6) is 0. The van der Waals surface area contributed by atoms with E-state index < -0.39 is 0 Å². The SMILES string of the molecule is CC(C)(C)c1ccc2c(c1)C(C)(C)c1cc(C(C)(C)C)cc(N(c3ccc(-c4ccccc4)cc3)c3ccc(-c4ccccc4)cc3)c1-2. The van der Waals surface area contributed by atoms with Gasteiger partial charge >= 0.3 is 0 Å². The monoisotopic (exact) mass is 625 g/mol. The van der Waals surface area contributed by atoms with Gasteiger partial charge in [0.2, 0.25) is 0 Å². The molecule has 0 unspecified atom stereocenters. The molecular formula is C47H47N. The van der Waals surface area contributed by atoms with Crippen LogP contribution in [0, 0.1) is 0 Å². The molecule has 6 aromatic rings. The Morgan fingerprint density at radius 3 is 1.33 bits per heavy atom. The molecule has 0 amide bonds. The zero-order valence-corrected chi connectivity index (χ0v) is 29.7. The van der Waals surface area contributed by atoms with Crippen LogP contribution in [0.1, 0.15) is 77.6 Å². The number of nitrogens with zero attached hydrogens (tertiary/aromatic N) is 1. The molecule has 6 aromatic carbocycles. The molecule has 0 spiro atoms. The van der Waals surface area contributed by atoms with Crippen LogP contribution in [-0.2, 0) is 16.2 Å². The molecule has 0 fully saturated rings. The lowest BCUT2D eigenvalue weighted by Crippen LogP contribution is -2.20. The van der Waals surface area contributed by atoms with E-state index >= 15 is 0 Å². The fourth-order valence-electron chi connectivity index (χ4n) is 7.20. The summed E-state index contributed by atoms with van der Waals surface area (Å²) in [6.45, 7) is 18.8. The van der Waals surface area contributed by atoms with Crippen molar-refractivity contribution >= 4 is 17.1 Å². The largest absolute Gasteiger partial charge is 0.310 e. The van der Waals surface area contributed by atoms with E-state index in [0.717, 1.165) is 11.4 Å². The molecule has 0 N–H and O–H groups in total. The van der Waals surface area contributed by atoms with Crippen LogP contribution in [-0.4, -0.2) is 0 Å². The minimum atomic E-state index is -0.137. The third-order valence-corrected chi connectivity index (χ3v) is 10.2. The van der Waals surface area contributed by atoms with Gasteiger partial charge in [0.1, 0.15) is 0 Å². The smallest absolute Gasteiger partial charge is 0.0546 e. The lowest BCUT2D eigenvalue weighted by molar-refractivity contribution is 0.580. The Morgan fingerprint density at radius 2 is 0.875 bits per heavy atom. The van der Waals surface area contributed by atoms with Gasteiger partial charge in [0.15, 0.2) is 0 Å². The van der Waals surface area contributed by atoms with Crippen LogP contribution in [0.2, 0.25) is 0 Å². The molecule has 1 heteroatoms. The lowest BCUT2D eigenvalue weighted by atomic mass is 9.77. The number of fused-ring (bicyclic) bond motifs is 3. The first-order chi connectivity index (χ1) is 22.8. The molecule has 0 aliphatic heterocycles. The molecule has 0 bridgehead atoms. The molecule has 0 saturated heterocycles. The van der Waals surface area contributed by atoms with Crippen molar-refractivity contribution in [3.63, 3.8) is 0 Å². The van der Waals surface area contributed by atoms with Crippen LogP contribution in [0.3, 0.4) is 0 Å².